The topological polar surface area (TPSA) is 92.5 Å². The molecule has 0 saturated carbocycles. The molecule has 0 amide bonds. The highest BCUT2D eigenvalue weighted by atomic mass is 19.1. The SMILES string of the molecule is Cc1cc(NC(CC(C)C)C(=O)O)c([N+](=O)[O-])cc1F. The van der Waals surface area contributed by atoms with Gasteiger partial charge in [-0.05, 0) is 30.9 Å². The first-order valence-electron chi connectivity index (χ1n) is 6.16. The predicted octanol–water partition coefficient (Wildman–Crippen LogP) is 2.95. The maximum absolute atomic E-state index is 13.4. The molecule has 1 unspecified atom stereocenters. The predicted molar refractivity (Wildman–Crippen MR) is 72.3 cm³/mol. The van der Waals surface area contributed by atoms with E-state index in [9.17, 15) is 19.3 Å². The molecule has 0 spiro atoms. The molecule has 7 heteroatoms. The van der Waals surface area contributed by atoms with Crippen LogP contribution in [0.2, 0.25) is 0 Å². The van der Waals surface area contributed by atoms with Crippen LogP contribution in [0, 0.1) is 28.8 Å². The number of benzene rings is 1. The Kier molecular flexibility index (Phi) is 5.01. The lowest BCUT2D eigenvalue weighted by molar-refractivity contribution is -0.384. The maximum atomic E-state index is 13.4. The first-order chi connectivity index (χ1) is 9.22. The summed E-state index contributed by atoms with van der Waals surface area (Å²) in [6, 6.07) is 1.09. The molecule has 2 N–H and O–H groups in total. The first-order valence-corrected chi connectivity index (χ1v) is 6.16. The number of nitro groups is 1. The van der Waals surface area contributed by atoms with Gasteiger partial charge in [-0.2, -0.15) is 0 Å². The average molecular weight is 284 g/mol. The number of nitrogens with zero attached hydrogens (tertiary/aromatic N) is 1. The number of hydrogen-bond donors (Lipinski definition) is 2. The Hall–Kier alpha value is -2.18. The van der Waals surface area contributed by atoms with Crippen LogP contribution in [0.1, 0.15) is 25.8 Å². The number of rotatable bonds is 6. The zero-order chi connectivity index (χ0) is 15.4. The third-order valence-corrected chi connectivity index (χ3v) is 2.81. The van der Waals surface area contributed by atoms with Crippen molar-refractivity contribution in [2.24, 2.45) is 5.92 Å². The van der Waals surface area contributed by atoms with E-state index >= 15 is 0 Å². The highest BCUT2D eigenvalue weighted by molar-refractivity contribution is 5.79. The zero-order valence-corrected chi connectivity index (χ0v) is 11.5. The molecule has 0 heterocycles. The summed E-state index contributed by atoms with van der Waals surface area (Å²) in [6.45, 7) is 5.16. The van der Waals surface area contributed by atoms with Crippen molar-refractivity contribution < 1.29 is 19.2 Å². The Bertz CT molecular complexity index is 531. The van der Waals surface area contributed by atoms with Crippen LogP contribution >= 0.6 is 0 Å². The van der Waals surface area contributed by atoms with Crippen LogP contribution in [-0.2, 0) is 4.79 Å². The molecule has 110 valence electrons. The molecule has 0 aromatic heterocycles. The van der Waals surface area contributed by atoms with Gasteiger partial charge in [0.05, 0.1) is 11.0 Å². The quantitative estimate of drug-likeness (QED) is 0.619. The van der Waals surface area contributed by atoms with Gasteiger partial charge in [0.2, 0.25) is 0 Å². The Labute approximate surface area is 115 Å². The lowest BCUT2D eigenvalue weighted by Crippen LogP contribution is -2.31. The number of nitro benzene ring substituents is 1. The highest BCUT2D eigenvalue weighted by Gasteiger charge is 2.24. The molecular formula is C13H17FN2O4. The van der Waals surface area contributed by atoms with Gasteiger partial charge in [-0.15, -0.1) is 0 Å². The molecule has 0 bridgehead atoms. The normalized spacial score (nSPS) is 12.2. The van der Waals surface area contributed by atoms with E-state index in [1.54, 1.807) is 0 Å². The number of hydrogen-bond acceptors (Lipinski definition) is 4. The fourth-order valence-corrected chi connectivity index (χ4v) is 1.82. The van der Waals surface area contributed by atoms with Crippen LogP contribution in [0.4, 0.5) is 15.8 Å². The number of anilines is 1. The second kappa shape index (κ2) is 6.31. The lowest BCUT2D eigenvalue weighted by Gasteiger charge is -2.18. The third kappa shape index (κ3) is 3.91. The van der Waals surface area contributed by atoms with Gasteiger partial charge in [0.1, 0.15) is 17.5 Å². The van der Waals surface area contributed by atoms with Crippen LogP contribution in [-0.4, -0.2) is 22.0 Å². The van der Waals surface area contributed by atoms with E-state index in [1.165, 1.54) is 13.0 Å². The summed E-state index contributed by atoms with van der Waals surface area (Å²) in [5.41, 5.74) is -0.239. The minimum Gasteiger partial charge on any atom is -0.480 e. The largest absolute Gasteiger partial charge is 0.480 e. The van der Waals surface area contributed by atoms with Gasteiger partial charge in [0, 0.05) is 0 Å². The molecular weight excluding hydrogens is 267 g/mol. The van der Waals surface area contributed by atoms with Crippen molar-refractivity contribution >= 4 is 17.3 Å². The molecule has 0 aliphatic rings. The van der Waals surface area contributed by atoms with E-state index in [1.807, 2.05) is 13.8 Å². The van der Waals surface area contributed by atoms with Gasteiger partial charge in [0.15, 0.2) is 0 Å². The van der Waals surface area contributed by atoms with Crippen LogP contribution in [0.15, 0.2) is 12.1 Å². The maximum Gasteiger partial charge on any atom is 0.326 e. The number of aryl methyl sites for hydroxylation is 1. The van der Waals surface area contributed by atoms with Crippen molar-refractivity contribution in [2.45, 2.75) is 33.2 Å². The van der Waals surface area contributed by atoms with Gasteiger partial charge >= 0.3 is 5.97 Å². The third-order valence-electron chi connectivity index (χ3n) is 2.81. The number of carboxylic acid groups (broad SMARTS) is 1. The molecule has 0 aliphatic carbocycles. The van der Waals surface area contributed by atoms with Crippen LogP contribution < -0.4 is 5.32 Å². The number of carboxylic acids is 1. The zero-order valence-electron chi connectivity index (χ0n) is 11.5. The first kappa shape index (κ1) is 15.9. The molecule has 1 atom stereocenters. The summed E-state index contributed by atoms with van der Waals surface area (Å²) in [5.74, 6) is -1.70. The molecule has 1 aromatic carbocycles. The lowest BCUT2D eigenvalue weighted by atomic mass is 10.0. The van der Waals surface area contributed by atoms with Crippen LogP contribution in [0.25, 0.3) is 0 Å². The van der Waals surface area contributed by atoms with E-state index in [4.69, 9.17) is 5.11 Å². The number of nitrogens with one attached hydrogen (secondary N) is 1. The smallest absolute Gasteiger partial charge is 0.326 e. The van der Waals surface area contributed by atoms with Crippen molar-refractivity contribution in [2.75, 3.05) is 5.32 Å². The number of carbonyl (C=O) groups is 1. The summed E-state index contributed by atoms with van der Waals surface area (Å²) < 4.78 is 13.4. The number of aliphatic carboxylic acids is 1. The summed E-state index contributed by atoms with van der Waals surface area (Å²) in [4.78, 5) is 21.3. The van der Waals surface area contributed by atoms with Crippen molar-refractivity contribution in [3.63, 3.8) is 0 Å². The van der Waals surface area contributed by atoms with Gasteiger partial charge in [-0.3, -0.25) is 10.1 Å². The van der Waals surface area contributed by atoms with Gasteiger partial charge in [-0.25, -0.2) is 9.18 Å². The Morgan fingerprint density at radius 2 is 2.10 bits per heavy atom. The van der Waals surface area contributed by atoms with Gasteiger partial charge < -0.3 is 10.4 Å². The fourth-order valence-electron chi connectivity index (χ4n) is 1.82. The van der Waals surface area contributed by atoms with Crippen molar-refractivity contribution in [1.29, 1.82) is 0 Å². The second-order valence-electron chi connectivity index (χ2n) is 5.04. The van der Waals surface area contributed by atoms with Crippen molar-refractivity contribution in [3.8, 4) is 0 Å². The van der Waals surface area contributed by atoms with Crippen molar-refractivity contribution in [3.05, 3.63) is 33.6 Å². The Morgan fingerprint density at radius 3 is 2.55 bits per heavy atom. The number of halogens is 1. The fraction of sp³-hybridized carbons (Fsp3) is 0.462. The standard InChI is InChI=1S/C13H17FN2O4/c1-7(2)4-11(13(17)18)15-10-5-8(3)9(14)6-12(10)16(19)20/h5-7,11,15H,4H2,1-3H3,(H,17,18). The highest BCUT2D eigenvalue weighted by Crippen LogP contribution is 2.28. The van der Waals surface area contributed by atoms with E-state index in [0.717, 1.165) is 6.07 Å². The Morgan fingerprint density at radius 1 is 1.50 bits per heavy atom. The van der Waals surface area contributed by atoms with E-state index < -0.39 is 28.4 Å². The summed E-state index contributed by atoms with van der Waals surface area (Å²) in [6.07, 6.45) is 0.308. The molecule has 0 aliphatic heterocycles. The Balaban J connectivity index is 3.14. The van der Waals surface area contributed by atoms with E-state index in [-0.39, 0.29) is 17.2 Å². The second-order valence-corrected chi connectivity index (χ2v) is 5.04. The monoisotopic (exact) mass is 284 g/mol. The summed E-state index contributed by atoms with van der Waals surface area (Å²) in [7, 11) is 0. The van der Waals surface area contributed by atoms with Crippen LogP contribution in [0.5, 0.6) is 0 Å². The summed E-state index contributed by atoms with van der Waals surface area (Å²) in [5, 5.41) is 22.7. The molecule has 20 heavy (non-hydrogen) atoms. The molecule has 0 radical (unpaired) electrons. The van der Waals surface area contributed by atoms with E-state index in [0.29, 0.717) is 6.42 Å². The van der Waals surface area contributed by atoms with Crippen molar-refractivity contribution in [1.82, 2.24) is 0 Å². The summed E-state index contributed by atoms with van der Waals surface area (Å²) >= 11 is 0. The van der Waals surface area contributed by atoms with E-state index in [2.05, 4.69) is 5.32 Å². The van der Waals surface area contributed by atoms with Crippen LogP contribution in [0.3, 0.4) is 0 Å². The minimum absolute atomic E-state index is 0.0157. The molecule has 0 saturated heterocycles. The molecule has 6 nitrogen and oxygen atoms in total. The minimum atomic E-state index is -1.10. The van der Waals surface area contributed by atoms with Gasteiger partial charge in [-0.1, -0.05) is 13.8 Å². The molecule has 0 fully saturated rings. The average Bonchev–Trinajstić information content (AvgIpc) is 2.31. The molecule has 1 rings (SSSR count). The molecule has 1 aromatic rings. The van der Waals surface area contributed by atoms with Gasteiger partial charge in [0.25, 0.3) is 5.69 Å².